The molecule has 2 atom stereocenters. The average molecular weight is 285 g/mol. The van der Waals surface area contributed by atoms with Gasteiger partial charge in [-0.05, 0) is 30.9 Å². The fourth-order valence-electron chi connectivity index (χ4n) is 3.42. The highest BCUT2D eigenvalue weighted by Crippen LogP contribution is 2.41. The first kappa shape index (κ1) is 12.1. The normalized spacial score (nSPS) is 27.5. The first-order chi connectivity index (χ1) is 9.66. The molecule has 0 N–H and O–H groups in total. The number of rotatable bonds is 1. The molecule has 3 heterocycles. The molecule has 2 aliphatic heterocycles. The van der Waals surface area contributed by atoms with Crippen LogP contribution < -0.4 is 0 Å². The van der Waals surface area contributed by atoms with Gasteiger partial charge in [-0.3, -0.25) is 4.98 Å². The summed E-state index contributed by atoms with van der Waals surface area (Å²) in [6.07, 6.45) is 5.96. The van der Waals surface area contributed by atoms with Crippen LogP contribution >= 0.6 is 0 Å². The fraction of sp³-hybridized carbons (Fsp3) is 0.312. The van der Waals surface area contributed by atoms with Crippen LogP contribution in [0.25, 0.3) is 16.5 Å². The Kier molecular flexibility index (Phi) is 2.51. The van der Waals surface area contributed by atoms with Crippen LogP contribution in [0.3, 0.4) is 0 Å². The molecule has 0 aliphatic carbocycles. The zero-order valence-corrected chi connectivity index (χ0v) is 11.8. The standard InChI is InChI=1S/C16H15NO2S/c18-20(19)13-6-7-14(20)10-12(9-13)15-5-1-3-11-4-2-8-17-16(11)15/h1-5,8-9,13-14H,6-7,10H2. The van der Waals surface area contributed by atoms with Gasteiger partial charge in [-0.2, -0.15) is 0 Å². The third-order valence-electron chi connectivity index (χ3n) is 4.47. The monoisotopic (exact) mass is 285 g/mol. The maximum atomic E-state index is 12.2. The Hall–Kier alpha value is -1.68. The smallest absolute Gasteiger partial charge is 0.159 e. The van der Waals surface area contributed by atoms with Gasteiger partial charge in [0.2, 0.25) is 0 Å². The predicted molar refractivity (Wildman–Crippen MR) is 80.1 cm³/mol. The number of benzene rings is 1. The van der Waals surface area contributed by atoms with Gasteiger partial charge in [0.15, 0.2) is 9.84 Å². The van der Waals surface area contributed by atoms with Crippen molar-refractivity contribution in [1.82, 2.24) is 4.98 Å². The van der Waals surface area contributed by atoms with Gasteiger partial charge in [-0.25, -0.2) is 8.42 Å². The predicted octanol–water partition coefficient (Wildman–Crippen LogP) is 2.97. The van der Waals surface area contributed by atoms with E-state index in [4.69, 9.17) is 0 Å². The van der Waals surface area contributed by atoms with E-state index in [1.54, 1.807) is 6.20 Å². The summed E-state index contributed by atoms with van der Waals surface area (Å²) in [4.78, 5) is 4.47. The van der Waals surface area contributed by atoms with Gasteiger partial charge < -0.3 is 0 Å². The molecule has 1 saturated heterocycles. The van der Waals surface area contributed by atoms with Crippen molar-refractivity contribution in [3.63, 3.8) is 0 Å². The minimum Gasteiger partial charge on any atom is -0.256 e. The molecule has 2 aromatic rings. The highest BCUT2D eigenvalue weighted by molar-refractivity contribution is 7.93. The molecule has 102 valence electrons. The van der Waals surface area contributed by atoms with Gasteiger partial charge in [0.1, 0.15) is 0 Å². The second-order valence-corrected chi connectivity index (χ2v) is 8.05. The first-order valence-corrected chi connectivity index (χ1v) is 8.55. The van der Waals surface area contributed by atoms with Gasteiger partial charge in [0.05, 0.1) is 16.0 Å². The molecule has 0 amide bonds. The topological polar surface area (TPSA) is 47.0 Å². The van der Waals surface area contributed by atoms with E-state index in [0.29, 0.717) is 6.42 Å². The van der Waals surface area contributed by atoms with Gasteiger partial charge >= 0.3 is 0 Å². The summed E-state index contributed by atoms with van der Waals surface area (Å²) < 4.78 is 24.3. The van der Waals surface area contributed by atoms with E-state index in [-0.39, 0.29) is 10.5 Å². The number of sulfone groups is 1. The maximum absolute atomic E-state index is 12.2. The number of aromatic nitrogens is 1. The van der Waals surface area contributed by atoms with E-state index >= 15 is 0 Å². The number of fused-ring (bicyclic) bond motifs is 3. The summed E-state index contributed by atoms with van der Waals surface area (Å²) in [6, 6.07) is 10.1. The molecule has 2 unspecified atom stereocenters. The lowest BCUT2D eigenvalue weighted by atomic mass is 9.98. The highest BCUT2D eigenvalue weighted by Gasteiger charge is 2.43. The lowest BCUT2D eigenvalue weighted by molar-refractivity contribution is 0.585. The Bertz CT molecular complexity index is 818. The zero-order chi connectivity index (χ0) is 13.7. The number of pyridine rings is 1. The van der Waals surface area contributed by atoms with Gasteiger partial charge in [0, 0.05) is 17.1 Å². The van der Waals surface area contributed by atoms with Crippen molar-refractivity contribution in [3.8, 4) is 0 Å². The Morgan fingerprint density at radius 1 is 1.10 bits per heavy atom. The van der Waals surface area contributed by atoms with Crippen LogP contribution in [0, 0.1) is 0 Å². The van der Waals surface area contributed by atoms with Crippen molar-refractivity contribution in [2.75, 3.05) is 0 Å². The minimum absolute atomic E-state index is 0.188. The summed E-state index contributed by atoms with van der Waals surface area (Å²) in [5.74, 6) is 0. The maximum Gasteiger partial charge on any atom is 0.159 e. The lowest BCUT2D eigenvalue weighted by Crippen LogP contribution is -2.26. The summed E-state index contributed by atoms with van der Waals surface area (Å²) in [5.41, 5.74) is 3.21. The Morgan fingerprint density at radius 3 is 2.80 bits per heavy atom. The number of para-hydroxylation sites is 1. The Morgan fingerprint density at radius 2 is 1.95 bits per heavy atom. The summed E-state index contributed by atoms with van der Waals surface area (Å²) in [6.45, 7) is 0. The molecule has 0 radical (unpaired) electrons. The third kappa shape index (κ3) is 1.64. The van der Waals surface area contributed by atoms with Crippen LogP contribution in [0.15, 0.2) is 42.6 Å². The minimum atomic E-state index is -2.92. The molecule has 0 spiro atoms. The molecule has 2 aliphatic rings. The van der Waals surface area contributed by atoms with Crippen LogP contribution in [-0.2, 0) is 9.84 Å². The van der Waals surface area contributed by atoms with Crippen LogP contribution in [-0.4, -0.2) is 23.9 Å². The van der Waals surface area contributed by atoms with Crippen LogP contribution in [0.4, 0.5) is 0 Å². The van der Waals surface area contributed by atoms with Crippen molar-refractivity contribution in [1.29, 1.82) is 0 Å². The number of allylic oxidation sites excluding steroid dienone is 1. The van der Waals surface area contributed by atoms with E-state index in [1.165, 1.54) is 0 Å². The molecule has 20 heavy (non-hydrogen) atoms. The fourth-order valence-corrected chi connectivity index (χ4v) is 5.61. The van der Waals surface area contributed by atoms with Gasteiger partial charge in [0.25, 0.3) is 0 Å². The molecular weight excluding hydrogens is 270 g/mol. The molecule has 3 nitrogen and oxygen atoms in total. The molecule has 4 rings (SSSR count). The molecular formula is C16H15NO2S. The summed E-state index contributed by atoms with van der Waals surface area (Å²) in [7, 11) is -2.92. The van der Waals surface area contributed by atoms with Crippen LogP contribution in [0.5, 0.6) is 0 Å². The van der Waals surface area contributed by atoms with Crippen LogP contribution in [0.1, 0.15) is 24.8 Å². The molecule has 4 heteroatoms. The van der Waals surface area contributed by atoms with Crippen molar-refractivity contribution >= 4 is 26.3 Å². The van der Waals surface area contributed by atoms with Gasteiger partial charge in [-0.15, -0.1) is 0 Å². The largest absolute Gasteiger partial charge is 0.256 e. The van der Waals surface area contributed by atoms with E-state index in [0.717, 1.165) is 34.9 Å². The van der Waals surface area contributed by atoms with E-state index in [9.17, 15) is 8.42 Å². The second kappa shape index (κ2) is 4.16. The first-order valence-electron chi connectivity index (χ1n) is 6.94. The third-order valence-corrected chi connectivity index (χ3v) is 7.02. The average Bonchev–Trinajstić information content (AvgIpc) is 2.66. The molecule has 2 bridgehead atoms. The van der Waals surface area contributed by atoms with Crippen LogP contribution in [0.2, 0.25) is 0 Å². The highest BCUT2D eigenvalue weighted by atomic mass is 32.2. The number of nitrogens with zero attached hydrogens (tertiary/aromatic N) is 1. The van der Waals surface area contributed by atoms with Gasteiger partial charge in [-0.1, -0.05) is 30.3 Å². The van der Waals surface area contributed by atoms with E-state index in [2.05, 4.69) is 11.1 Å². The molecule has 1 aromatic heterocycles. The van der Waals surface area contributed by atoms with Crippen molar-refractivity contribution in [2.24, 2.45) is 0 Å². The second-order valence-electron chi connectivity index (χ2n) is 5.60. The Labute approximate surface area is 118 Å². The van der Waals surface area contributed by atoms with Crippen molar-refractivity contribution < 1.29 is 8.42 Å². The van der Waals surface area contributed by atoms with E-state index < -0.39 is 9.84 Å². The lowest BCUT2D eigenvalue weighted by Gasteiger charge is -2.21. The Balaban J connectivity index is 1.90. The SMILES string of the molecule is O=S1(=O)C2C=C(c3cccc4cccnc34)CC1CC2. The van der Waals surface area contributed by atoms with Crippen molar-refractivity contribution in [2.45, 2.75) is 29.8 Å². The number of hydrogen-bond acceptors (Lipinski definition) is 3. The molecule has 1 fully saturated rings. The molecule has 1 aromatic carbocycles. The quantitative estimate of drug-likeness (QED) is 0.809. The number of hydrogen-bond donors (Lipinski definition) is 0. The zero-order valence-electron chi connectivity index (χ0n) is 11.0. The summed E-state index contributed by atoms with van der Waals surface area (Å²) >= 11 is 0. The van der Waals surface area contributed by atoms with Crippen molar-refractivity contribution in [3.05, 3.63) is 48.2 Å². The van der Waals surface area contributed by atoms with E-state index in [1.807, 2.05) is 30.3 Å². The molecule has 0 saturated carbocycles. The summed E-state index contributed by atoms with van der Waals surface area (Å²) in [5, 5.41) is 0.633.